The second-order valence-corrected chi connectivity index (χ2v) is 8.95. The molecule has 8 nitrogen and oxygen atoms in total. The van der Waals surface area contributed by atoms with E-state index in [1.54, 1.807) is 56.3 Å². The van der Waals surface area contributed by atoms with Crippen molar-refractivity contribution in [1.82, 2.24) is 0 Å². The zero-order chi connectivity index (χ0) is 24.1. The highest BCUT2D eigenvalue weighted by Crippen LogP contribution is 2.27. The Morgan fingerprint density at radius 3 is 2.52 bits per heavy atom. The Morgan fingerprint density at radius 2 is 1.88 bits per heavy atom. The third kappa shape index (κ3) is 6.55. The fraction of sp³-hybridized carbons (Fsp3) is 0.304. The van der Waals surface area contributed by atoms with Crippen LogP contribution < -0.4 is 10.2 Å². The van der Waals surface area contributed by atoms with E-state index in [4.69, 9.17) is 21.1 Å². The number of nitrogens with one attached hydrogen (secondary N) is 1. The number of esters is 2. The van der Waals surface area contributed by atoms with Gasteiger partial charge in [-0.2, -0.15) is 0 Å². The van der Waals surface area contributed by atoms with Crippen molar-refractivity contribution < 1.29 is 28.7 Å². The van der Waals surface area contributed by atoms with Gasteiger partial charge in [-0.15, -0.1) is 0 Å². The van der Waals surface area contributed by atoms with E-state index in [0.29, 0.717) is 26.4 Å². The Bertz CT molecular complexity index is 1070. The largest absolute Gasteiger partial charge is 0.459 e. The number of halogens is 2. The summed E-state index contributed by atoms with van der Waals surface area (Å²) in [6.45, 7) is 3.16. The molecule has 1 heterocycles. The molecule has 174 valence electrons. The van der Waals surface area contributed by atoms with Crippen molar-refractivity contribution in [1.29, 1.82) is 0 Å². The van der Waals surface area contributed by atoms with Crippen LogP contribution in [0.5, 0.6) is 0 Å². The van der Waals surface area contributed by atoms with E-state index in [9.17, 15) is 19.2 Å². The van der Waals surface area contributed by atoms with Crippen molar-refractivity contribution in [2.24, 2.45) is 5.92 Å². The van der Waals surface area contributed by atoms with Crippen molar-refractivity contribution in [2.45, 2.75) is 26.4 Å². The molecule has 0 bridgehead atoms. The van der Waals surface area contributed by atoms with Crippen molar-refractivity contribution in [3.05, 3.63) is 57.5 Å². The van der Waals surface area contributed by atoms with Gasteiger partial charge in [-0.25, -0.2) is 4.79 Å². The predicted molar refractivity (Wildman–Crippen MR) is 126 cm³/mol. The molecule has 1 fully saturated rings. The Kier molecular flexibility index (Phi) is 8.10. The highest BCUT2D eigenvalue weighted by Gasteiger charge is 2.36. The van der Waals surface area contributed by atoms with Crippen molar-refractivity contribution in [3.63, 3.8) is 0 Å². The first-order valence-corrected chi connectivity index (χ1v) is 11.3. The van der Waals surface area contributed by atoms with E-state index in [0.717, 1.165) is 0 Å². The van der Waals surface area contributed by atoms with Crippen LogP contribution in [-0.4, -0.2) is 43.0 Å². The SMILES string of the molecule is CC(C)OC(=O)c1ccc(N2C[C@H](C(=O)OCC(=O)Nc3ccc(Br)c(Cl)c3)CC2=O)cc1. The van der Waals surface area contributed by atoms with Crippen molar-refractivity contribution >= 4 is 62.7 Å². The lowest BCUT2D eigenvalue weighted by Crippen LogP contribution is -2.28. The van der Waals surface area contributed by atoms with Crippen molar-refractivity contribution in [3.8, 4) is 0 Å². The van der Waals surface area contributed by atoms with Crippen LogP contribution in [0.25, 0.3) is 0 Å². The van der Waals surface area contributed by atoms with Crippen LogP contribution in [0, 0.1) is 5.92 Å². The van der Waals surface area contributed by atoms with E-state index >= 15 is 0 Å². The molecule has 0 unspecified atom stereocenters. The molecule has 1 atom stereocenters. The minimum Gasteiger partial charge on any atom is -0.459 e. The minimum absolute atomic E-state index is 0.0279. The number of benzene rings is 2. The highest BCUT2D eigenvalue weighted by molar-refractivity contribution is 9.10. The lowest BCUT2D eigenvalue weighted by Gasteiger charge is -2.17. The summed E-state index contributed by atoms with van der Waals surface area (Å²) in [6, 6.07) is 11.3. The van der Waals surface area contributed by atoms with Gasteiger partial charge >= 0.3 is 11.9 Å². The van der Waals surface area contributed by atoms with Gasteiger partial charge in [0.25, 0.3) is 5.91 Å². The second-order valence-electron chi connectivity index (χ2n) is 7.69. The molecule has 0 radical (unpaired) electrons. The summed E-state index contributed by atoms with van der Waals surface area (Å²) < 4.78 is 10.9. The summed E-state index contributed by atoms with van der Waals surface area (Å²) in [5.74, 6) is -2.55. The molecule has 33 heavy (non-hydrogen) atoms. The molecule has 0 spiro atoms. The molecule has 1 aliphatic heterocycles. The maximum Gasteiger partial charge on any atom is 0.338 e. The fourth-order valence-corrected chi connectivity index (χ4v) is 3.63. The average Bonchev–Trinajstić information content (AvgIpc) is 3.16. The molecule has 3 rings (SSSR count). The standard InChI is InChI=1S/C23H22BrClN2O6/c1-13(2)33-23(31)14-3-6-17(7-4-14)27-11-15(9-21(27)29)22(30)32-12-20(28)26-16-5-8-18(24)19(25)10-16/h3-8,10,13,15H,9,11-12H2,1-2H3,(H,26,28)/t15-/m1/s1. The lowest BCUT2D eigenvalue weighted by atomic mass is 10.1. The monoisotopic (exact) mass is 536 g/mol. The molecule has 1 N–H and O–H groups in total. The van der Waals surface area contributed by atoms with E-state index in [1.165, 1.54) is 4.90 Å². The number of amides is 2. The molecule has 0 aromatic heterocycles. The van der Waals surface area contributed by atoms with Gasteiger partial charge in [-0.05, 0) is 72.2 Å². The Balaban J connectivity index is 1.52. The van der Waals surface area contributed by atoms with Gasteiger partial charge < -0.3 is 19.7 Å². The number of anilines is 2. The molecule has 0 aliphatic carbocycles. The van der Waals surface area contributed by atoms with Gasteiger partial charge in [-0.1, -0.05) is 11.6 Å². The van der Waals surface area contributed by atoms with Gasteiger partial charge in [0, 0.05) is 28.8 Å². The topological polar surface area (TPSA) is 102 Å². The molecule has 1 saturated heterocycles. The molecule has 10 heteroatoms. The summed E-state index contributed by atoms with van der Waals surface area (Å²) in [5.41, 5.74) is 1.39. The maximum atomic E-state index is 12.4. The molecular formula is C23H22BrClN2O6. The first-order chi connectivity index (χ1) is 15.6. The van der Waals surface area contributed by atoms with Crippen LogP contribution >= 0.6 is 27.5 Å². The number of carbonyl (C=O) groups excluding carboxylic acids is 4. The number of rotatable bonds is 7. The van der Waals surface area contributed by atoms with Crippen LogP contribution in [0.1, 0.15) is 30.6 Å². The highest BCUT2D eigenvalue weighted by atomic mass is 79.9. The van der Waals surface area contributed by atoms with Gasteiger partial charge in [0.15, 0.2) is 6.61 Å². The Morgan fingerprint density at radius 1 is 1.18 bits per heavy atom. The number of hydrogen-bond acceptors (Lipinski definition) is 6. The summed E-state index contributed by atoms with van der Waals surface area (Å²) >= 11 is 9.25. The molecular weight excluding hydrogens is 516 g/mol. The van der Waals surface area contributed by atoms with Crippen LogP contribution in [0.3, 0.4) is 0 Å². The van der Waals surface area contributed by atoms with Gasteiger partial charge in [0.1, 0.15) is 0 Å². The summed E-state index contributed by atoms with van der Waals surface area (Å²) in [5, 5.41) is 3.02. The predicted octanol–water partition coefficient (Wildman–Crippen LogP) is 4.20. The van der Waals surface area contributed by atoms with Crippen LogP contribution in [0.15, 0.2) is 46.9 Å². The third-order valence-corrected chi connectivity index (χ3v) is 6.00. The quantitative estimate of drug-likeness (QED) is 0.531. The third-order valence-electron chi connectivity index (χ3n) is 4.76. The van der Waals surface area contributed by atoms with E-state index in [-0.39, 0.29) is 25.0 Å². The average molecular weight is 538 g/mol. The first kappa shape index (κ1) is 24.7. The Hall–Kier alpha value is -2.91. The van der Waals surface area contributed by atoms with Gasteiger partial charge in [0.05, 0.1) is 22.6 Å². The number of nitrogens with zero attached hydrogens (tertiary/aromatic N) is 1. The van der Waals surface area contributed by atoms with Crippen molar-refractivity contribution in [2.75, 3.05) is 23.4 Å². The second kappa shape index (κ2) is 10.8. The molecule has 2 amide bonds. The fourth-order valence-electron chi connectivity index (χ4n) is 3.20. The smallest absolute Gasteiger partial charge is 0.338 e. The van der Waals surface area contributed by atoms with Gasteiger partial charge in [-0.3, -0.25) is 14.4 Å². The van der Waals surface area contributed by atoms with E-state index in [2.05, 4.69) is 21.2 Å². The zero-order valence-electron chi connectivity index (χ0n) is 18.0. The van der Waals surface area contributed by atoms with E-state index in [1.807, 2.05) is 0 Å². The number of carbonyl (C=O) groups is 4. The summed E-state index contributed by atoms with van der Waals surface area (Å²) in [4.78, 5) is 50.3. The van der Waals surface area contributed by atoms with E-state index < -0.39 is 30.4 Å². The molecule has 2 aromatic carbocycles. The van der Waals surface area contributed by atoms with Crippen LogP contribution in [0.2, 0.25) is 5.02 Å². The first-order valence-electron chi connectivity index (χ1n) is 10.2. The normalized spacial score (nSPS) is 15.5. The Labute approximate surface area is 204 Å². The maximum absolute atomic E-state index is 12.4. The number of ether oxygens (including phenoxy) is 2. The van der Waals surface area contributed by atoms with Crippen LogP contribution in [-0.2, 0) is 23.9 Å². The zero-order valence-corrected chi connectivity index (χ0v) is 20.3. The van der Waals surface area contributed by atoms with Gasteiger partial charge in [0.2, 0.25) is 5.91 Å². The molecule has 1 aliphatic rings. The minimum atomic E-state index is -0.696. The summed E-state index contributed by atoms with van der Waals surface area (Å²) in [7, 11) is 0. The lowest BCUT2D eigenvalue weighted by molar-refractivity contribution is -0.151. The number of hydrogen-bond donors (Lipinski definition) is 1. The molecule has 2 aromatic rings. The summed E-state index contributed by atoms with van der Waals surface area (Å²) in [6.07, 6.45) is -0.265. The molecule has 0 saturated carbocycles. The van der Waals surface area contributed by atoms with Crippen LogP contribution in [0.4, 0.5) is 11.4 Å².